The van der Waals surface area contributed by atoms with Gasteiger partial charge in [0.1, 0.15) is 23.3 Å². The van der Waals surface area contributed by atoms with Crippen LogP contribution in [-0.2, 0) is 12.7 Å². The Morgan fingerprint density at radius 3 is 2.19 bits per heavy atom. The summed E-state index contributed by atoms with van der Waals surface area (Å²) < 4.78 is 69.9. The van der Waals surface area contributed by atoms with Crippen LogP contribution < -0.4 is 5.56 Å². The summed E-state index contributed by atoms with van der Waals surface area (Å²) in [5.41, 5.74) is -3.06. The minimum absolute atomic E-state index is 0.0389. The van der Waals surface area contributed by atoms with Gasteiger partial charge >= 0.3 is 12.1 Å². The van der Waals surface area contributed by atoms with Crippen molar-refractivity contribution in [2.24, 2.45) is 0 Å². The molecule has 0 fully saturated rings. The first-order valence-corrected chi connectivity index (χ1v) is 10.6. The van der Waals surface area contributed by atoms with Crippen LogP contribution in [-0.4, -0.2) is 15.6 Å². The molecule has 0 unspecified atom stereocenters. The molecule has 0 aliphatic heterocycles. The summed E-state index contributed by atoms with van der Waals surface area (Å²) in [6, 6.07) is 16.4. The molecule has 0 saturated heterocycles. The van der Waals surface area contributed by atoms with E-state index in [2.05, 4.69) is 0 Å². The Labute approximate surface area is 206 Å². The number of rotatable bonds is 5. The Bertz CT molecular complexity index is 1620. The van der Waals surface area contributed by atoms with E-state index in [4.69, 9.17) is 5.11 Å². The molecule has 0 atom stereocenters. The van der Waals surface area contributed by atoms with E-state index >= 15 is 0 Å². The summed E-state index contributed by atoms with van der Waals surface area (Å²) in [7, 11) is 0. The maximum absolute atomic E-state index is 14.4. The average molecular weight is 510 g/mol. The van der Waals surface area contributed by atoms with Gasteiger partial charge in [0.25, 0.3) is 5.56 Å². The summed E-state index contributed by atoms with van der Waals surface area (Å²) in [6.07, 6.45) is -5.02. The Morgan fingerprint density at radius 2 is 1.59 bits per heavy atom. The van der Waals surface area contributed by atoms with Gasteiger partial charge in [-0.2, -0.15) is 18.4 Å². The molecule has 0 bridgehead atoms. The Hall–Kier alpha value is -4.78. The predicted octanol–water partition coefficient (Wildman–Crippen LogP) is 6.10. The smallest absolute Gasteiger partial charge is 0.417 e. The molecule has 3 aromatic carbocycles. The van der Waals surface area contributed by atoms with E-state index < -0.39 is 47.0 Å². The topological polar surface area (TPSA) is 83.1 Å². The number of carbonyl (C=O) groups is 1. The van der Waals surface area contributed by atoms with Crippen molar-refractivity contribution >= 4 is 5.97 Å². The van der Waals surface area contributed by atoms with Crippen molar-refractivity contribution in [2.45, 2.75) is 12.7 Å². The SMILES string of the molecule is N#Cc1c(C(F)(F)F)cc(-c2cccc(-c3ccc(C(=O)O)cc3)c2)n(Cc2ccc(F)cc2F)c1=O. The van der Waals surface area contributed by atoms with Crippen molar-refractivity contribution in [2.75, 3.05) is 0 Å². The van der Waals surface area contributed by atoms with Gasteiger partial charge in [0.15, 0.2) is 0 Å². The van der Waals surface area contributed by atoms with Crippen molar-refractivity contribution in [1.29, 1.82) is 5.26 Å². The Kier molecular flexibility index (Phi) is 6.64. The first-order chi connectivity index (χ1) is 17.5. The van der Waals surface area contributed by atoms with E-state index in [1.165, 1.54) is 48.5 Å². The minimum Gasteiger partial charge on any atom is -0.478 e. The highest BCUT2D eigenvalue weighted by Crippen LogP contribution is 2.35. The van der Waals surface area contributed by atoms with E-state index in [0.29, 0.717) is 23.3 Å². The van der Waals surface area contributed by atoms with Gasteiger partial charge < -0.3 is 9.67 Å². The van der Waals surface area contributed by atoms with E-state index in [1.54, 1.807) is 6.07 Å². The fourth-order valence-electron chi connectivity index (χ4n) is 3.86. The van der Waals surface area contributed by atoms with Crippen LogP contribution in [0.25, 0.3) is 22.4 Å². The van der Waals surface area contributed by atoms with Crippen molar-refractivity contribution in [3.05, 3.63) is 117 Å². The van der Waals surface area contributed by atoms with Crippen LogP contribution in [0.1, 0.15) is 27.0 Å². The van der Waals surface area contributed by atoms with Crippen molar-refractivity contribution in [3.8, 4) is 28.5 Å². The summed E-state index contributed by atoms with van der Waals surface area (Å²) >= 11 is 0. The summed E-state index contributed by atoms with van der Waals surface area (Å²) in [5.74, 6) is -3.02. The van der Waals surface area contributed by atoms with Gasteiger partial charge in [0, 0.05) is 11.6 Å². The number of halogens is 5. The molecule has 0 spiro atoms. The predicted molar refractivity (Wildman–Crippen MR) is 124 cm³/mol. The molecule has 4 rings (SSSR count). The number of carboxylic acids is 1. The van der Waals surface area contributed by atoms with E-state index in [9.17, 15) is 36.8 Å². The molecule has 0 aliphatic rings. The average Bonchev–Trinajstić information content (AvgIpc) is 2.85. The number of hydrogen-bond acceptors (Lipinski definition) is 3. The maximum atomic E-state index is 14.4. The third kappa shape index (κ3) is 5.11. The standard InChI is InChI=1S/C27H15F5N2O3/c28-20-9-8-19(23(29)11-20)14-34-24(12-22(27(30,31)32)21(13-33)25(34)35)18-3-1-2-17(10-18)15-4-6-16(7-5-15)26(36)37/h1-12H,14H2,(H,36,37). The van der Waals surface area contributed by atoms with E-state index in [0.717, 1.165) is 16.7 Å². The van der Waals surface area contributed by atoms with E-state index in [1.807, 2.05) is 0 Å². The number of aromatic nitrogens is 1. The van der Waals surface area contributed by atoms with Crippen LogP contribution in [0.3, 0.4) is 0 Å². The van der Waals surface area contributed by atoms with Gasteiger partial charge in [-0.3, -0.25) is 4.79 Å². The van der Waals surface area contributed by atoms with Crippen LogP contribution in [0, 0.1) is 23.0 Å². The zero-order valence-electron chi connectivity index (χ0n) is 18.7. The third-order valence-electron chi connectivity index (χ3n) is 5.68. The summed E-state index contributed by atoms with van der Waals surface area (Å²) in [5, 5.41) is 18.4. The lowest BCUT2D eigenvalue weighted by molar-refractivity contribution is -0.137. The van der Waals surface area contributed by atoms with Crippen molar-refractivity contribution < 1.29 is 31.9 Å². The molecule has 4 aromatic rings. The highest BCUT2D eigenvalue weighted by molar-refractivity contribution is 5.88. The number of hydrogen-bond donors (Lipinski definition) is 1. The molecule has 5 nitrogen and oxygen atoms in total. The normalized spacial score (nSPS) is 11.2. The van der Waals surface area contributed by atoms with Gasteiger partial charge in [-0.15, -0.1) is 0 Å². The van der Waals surface area contributed by atoms with E-state index in [-0.39, 0.29) is 22.4 Å². The number of alkyl halides is 3. The highest BCUT2D eigenvalue weighted by atomic mass is 19.4. The first-order valence-electron chi connectivity index (χ1n) is 10.6. The second-order valence-electron chi connectivity index (χ2n) is 8.02. The molecule has 0 aliphatic carbocycles. The maximum Gasteiger partial charge on any atom is 0.417 e. The van der Waals surface area contributed by atoms with Crippen LogP contribution >= 0.6 is 0 Å². The third-order valence-corrected chi connectivity index (χ3v) is 5.68. The molecule has 1 aromatic heterocycles. The molecule has 0 amide bonds. The monoisotopic (exact) mass is 510 g/mol. The Morgan fingerprint density at radius 1 is 0.919 bits per heavy atom. The number of aromatic carboxylic acids is 1. The van der Waals surface area contributed by atoms with Gasteiger partial charge in [-0.25, -0.2) is 13.6 Å². The molecule has 1 N–H and O–H groups in total. The molecule has 1 heterocycles. The zero-order chi connectivity index (χ0) is 26.9. The minimum atomic E-state index is -5.02. The number of carboxylic acid groups (broad SMARTS) is 1. The Balaban J connectivity index is 1.94. The van der Waals surface area contributed by atoms with Crippen LogP contribution in [0.15, 0.2) is 77.6 Å². The van der Waals surface area contributed by atoms with Crippen molar-refractivity contribution in [1.82, 2.24) is 4.57 Å². The second-order valence-corrected chi connectivity index (χ2v) is 8.02. The number of nitriles is 1. The summed E-state index contributed by atoms with van der Waals surface area (Å²) in [4.78, 5) is 24.2. The molecule has 10 heteroatoms. The lowest BCUT2D eigenvalue weighted by Crippen LogP contribution is -2.29. The lowest BCUT2D eigenvalue weighted by Gasteiger charge is -2.18. The molecule has 186 valence electrons. The molecule has 0 radical (unpaired) electrons. The quantitative estimate of drug-likeness (QED) is 0.329. The number of nitrogens with zero attached hydrogens (tertiary/aromatic N) is 2. The second kappa shape index (κ2) is 9.70. The number of pyridine rings is 1. The fraction of sp³-hybridized carbons (Fsp3) is 0.0741. The van der Waals surface area contributed by atoms with Crippen molar-refractivity contribution in [3.63, 3.8) is 0 Å². The highest BCUT2D eigenvalue weighted by Gasteiger charge is 2.36. The zero-order valence-corrected chi connectivity index (χ0v) is 18.7. The van der Waals surface area contributed by atoms with Crippen LogP contribution in [0.4, 0.5) is 22.0 Å². The molecule has 37 heavy (non-hydrogen) atoms. The lowest BCUT2D eigenvalue weighted by atomic mass is 9.98. The van der Waals surface area contributed by atoms with Gasteiger partial charge in [0.05, 0.1) is 23.4 Å². The fourth-order valence-corrected chi connectivity index (χ4v) is 3.86. The van der Waals surface area contributed by atoms with Crippen LogP contribution in [0.2, 0.25) is 0 Å². The molecule has 0 saturated carbocycles. The number of benzene rings is 3. The summed E-state index contributed by atoms with van der Waals surface area (Å²) in [6.45, 7) is -0.565. The van der Waals surface area contributed by atoms with Gasteiger partial charge in [-0.1, -0.05) is 36.4 Å². The molecular formula is C27H15F5N2O3. The van der Waals surface area contributed by atoms with Crippen LogP contribution in [0.5, 0.6) is 0 Å². The van der Waals surface area contributed by atoms with Gasteiger partial charge in [0.2, 0.25) is 0 Å². The molecular weight excluding hydrogens is 495 g/mol. The first kappa shape index (κ1) is 25.3. The largest absolute Gasteiger partial charge is 0.478 e. The van der Waals surface area contributed by atoms with Gasteiger partial charge in [-0.05, 0) is 47.0 Å².